The minimum Gasteiger partial charge on any atom is -0.337 e. The number of rotatable bonds is 4. The van der Waals surface area contributed by atoms with E-state index in [4.69, 9.17) is 0 Å². The van der Waals surface area contributed by atoms with Gasteiger partial charge in [-0.2, -0.15) is 0 Å². The van der Waals surface area contributed by atoms with Crippen LogP contribution in [0, 0.1) is 0 Å². The van der Waals surface area contributed by atoms with Gasteiger partial charge in [-0.3, -0.25) is 0 Å². The highest BCUT2D eigenvalue weighted by atomic mass is 79.9. The summed E-state index contributed by atoms with van der Waals surface area (Å²) < 4.78 is 3.15. The maximum absolute atomic E-state index is 4.34. The Morgan fingerprint density at radius 2 is 2.29 bits per heavy atom. The first-order chi connectivity index (χ1) is 8.16. The molecule has 2 rings (SSSR count). The van der Waals surface area contributed by atoms with E-state index in [1.165, 1.54) is 5.56 Å². The molecule has 1 unspecified atom stereocenters. The van der Waals surface area contributed by atoms with Crippen LogP contribution in [0.3, 0.4) is 0 Å². The average Bonchev–Trinajstić information content (AvgIpc) is 2.72. The van der Waals surface area contributed by atoms with Crippen LogP contribution in [0.2, 0.25) is 0 Å². The number of halogens is 1. The van der Waals surface area contributed by atoms with E-state index in [0.717, 1.165) is 16.8 Å². The Labute approximate surface area is 110 Å². The van der Waals surface area contributed by atoms with Crippen LogP contribution >= 0.6 is 15.9 Å². The van der Waals surface area contributed by atoms with E-state index >= 15 is 0 Å². The van der Waals surface area contributed by atoms with E-state index < -0.39 is 0 Å². The highest BCUT2D eigenvalue weighted by Crippen LogP contribution is 2.13. The van der Waals surface area contributed by atoms with Crippen molar-refractivity contribution in [2.45, 2.75) is 19.5 Å². The minimum absolute atomic E-state index is 0.244. The molecule has 0 spiro atoms. The van der Waals surface area contributed by atoms with Crippen LogP contribution in [-0.2, 0) is 13.6 Å². The second-order valence-corrected chi connectivity index (χ2v) is 5.04. The third kappa shape index (κ3) is 3.17. The Balaban J connectivity index is 1.97. The quantitative estimate of drug-likeness (QED) is 0.939. The number of hydrogen-bond acceptors (Lipinski definition) is 2. The standard InChI is InChI=1S/C13H16BrN3/c1-10(13-15-6-7-17(13)2)16-9-11-4-3-5-12(14)8-11/h3-8,10,16H,9H2,1-2H3. The molecule has 1 aromatic heterocycles. The van der Waals surface area contributed by atoms with Crippen molar-refractivity contribution in [1.29, 1.82) is 0 Å². The molecule has 3 nitrogen and oxygen atoms in total. The molecule has 1 heterocycles. The van der Waals surface area contributed by atoms with Crippen molar-refractivity contribution in [3.63, 3.8) is 0 Å². The molecule has 0 saturated carbocycles. The zero-order chi connectivity index (χ0) is 12.3. The highest BCUT2D eigenvalue weighted by Gasteiger charge is 2.09. The summed E-state index contributed by atoms with van der Waals surface area (Å²) in [5, 5.41) is 3.47. The first-order valence-corrected chi connectivity index (χ1v) is 6.41. The monoisotopic (exact) mass is 293 g/mol. The number of imidazole rings is 1. The summed E-state index contributed by atoms with van der Waals surface area (Å²) in [6.45, 7) is 2.97. The van der Waals surface area contributed by atoms with Crippen molar-refractivity contribution in [2.24, 2.45) is 7.05 Å². The van der Waals surface area contributed by atoms with E-state index in [9.17, 15) is 0 Å². The predicted molar refractivity (Wildman–Crippen MR) is 72.6 cm³/mol. The molecule has 1 atom stereocenters. The van der Waals surface area contributed by atoms with Crippen molar-refractivity contribution in [3.05, 3.63) is 52.5 Å². The summed E-state index contributed by atoms with van der Waals surface area (Å²) >= 11 is 3.48. The van der Waals surface area contributed by atoms with Crippen LogP contribution in [-0.4, -0.2) is 9.55 Å². The van der Waals surface area contributed by atoms with Gasteiger partial charge in [0, 0.05) is 30.5 Å². The number of nitrogens with one attached hydrogen (secondary N) is 1. The lowest BCUT2D eigenvalue weighted by Gasteiger charge is -2.13. The van der Waals surface area contributed by atoms with Gasteiger partial charge in [0.2, 0.25) is 0 Å². The van der Waals surface area contributed by atoms with E-state index in [-0.39, 0.29) is 6.04 Å². The Morgan fingerprint density at radius 1 is 1.47 bits per heavy atom. The first kappa shape index (κ1) is 12.3. The first-order valence-electron chi connectivity index (χ1n) is 5.62. The lowest BCUT2D eigenvalue weighted by molar-refractivity contribution is 0.530. The molecule has 17 heavy (non-hydrogen) atoms. The number of nitrogens with zero attached hydrogens (tertiary/aromatic N) is 2. The normalized spacial score (nSPS) is 12.6. The van der Waals surface area contributed by atoms with Crippen LogP contribution in [0.5, 0.6) is 0 Å². The summed E-state index contributed by atoms with van der Waals surface area (Å²) in [5.74, 6) is 1.06. The summed E-state index contributed by atoms with van der Waals surface area (Å²) in [6.07, 6.45) is 3.79. The van der Waals surface area contributed by atoms with Crippen molar-refractivity contribution in [1.82, 2.24) is 14.9 Å². The number of aromatic nitrogens is 2. The molecule has 0 aliphatic heterocycles. The van der Waals surface area contributed by atoms with Crippen LogP contribution < -0.4 is 5.32 Å². The molecule has 0 amide bonds. The van der Waals surface area contributed by atoms with Crippen LogP contribution in [0.4, 0.5) is 0 Å². The van der Waals surface area contributed by atoms with Gasteiger partial charge in [0.25, 0.3) is 0 Å². The second-order valence-electron chi connectivity index (χ2n) is 4.13. The van der Waals surface area contributed by atoms with Crippen LogP contribution in [0.1, 0.15) is 24.4 Å². The second kappa shape index (κ2) is 5.47. The lowest BCUT2D eigenvalue weighted by atomic mass is 10.2. The van der Waals surface area contributed by atoms with Gasteiger partial charge in [-0.15, -0.1) is 0 Å². The zero-order valence-corrected chi connectivity index (χ0v) is 11.6. The zero-order valence-electron chi connectivity index (χ0n) is 10.0. The Kier molecular flexibility index (Phi) is 3.97. The third-order valence-corrected chi connectivity index (χ3v) is 3.24. The van der Waals surface area contributed by atoms with Gasteiger partial charge in [0.05, 0.1) is 6.04 Å². The average molecular weight is 294 g/mol. The molecule has 0 saturated heterocycles. The molecular weight excluding hydrogens is 278 g/mol. The number of aryl methyl sites for hydroxylation is 1. The van der Waals surface area contributed by atoms with Gasteiger partial charge in [-0.25, -0.2) is 4.98 Å². The van der Waals surface area contributed by atoms with E-state index in [2.05, 4.69) is 45.3 Å². The van der Waals surface area contributed by atoms with E-state index in [1.807, 2.05) is 36.1 Å². The molecule has 0 aliphatic rings. The van der Waals surface area contributed by atoms with Gasteiger partial charge in [-0.1, -0.05) is 28.1 Å². The summed E-state index contributed by atoms with van der Waals surface area (Å²) in [5.41, 5.74) is 1.26. The molecule has 1 aromatic carbocycles. The molecule has 90 valence electrons. The lowest BCUT2D eigenvalue weighted by Crippen LogP contribution is -2.20. The third-order valence-electron chi connectivity index (χ3n) is 2.75. The number of hydrogen-bond donors (Lipinski definition) is 1. The predicted octanol–water partition coefficient (Wildman–Crippen LogP) is 3.03. The molecule has 0 radical (unpaired) electrons. The molecule has 1 N–H and O–H groups in total. The fourth-order valence-electron chi connectivity index (χ4n) is 1.80. The number of benzene rings is 1. The molecule has 0 aliphatic carbocycles. The van der Waals surface area contributed by atoms with E-state index in [0.29, 0.717) is 0 Å². The largest absolute Gasteiger partial charge is 0.337 e. The maximum atomic E-state index is 4.34. The van der Waals surface area contributed by atoms with Gasteiger partial charge in [0.1, 0.15) is 5.82 Å². The molecular formula is C13H16BrN3. The summed E-state index contributed by atoms with van der Waals surface area (Å²) in [6, 6.07) is 8.56. The molecule has 4 heteroatoms. The van der Waals surface area contributed by atoms with E-state index in [1.54, 1.807) is 0 Å². The Bertz CT molecular complexity index is 493. The maximum Gasteiger partial charge on any atom is 0.125 e. The molecule has 2 aromatic rings. The Hall–Kier alpha value is -1.13. The van der Waals surface area contributed by atoms with Gasteiger partial charge < -0.3 is 9.88 Å². The molecule has 0 fully saturated rings. The Morgan fingerprint density at radius 3 is 2.94 bits per heavy atom. The van der Waals surface area contributed by atoms with Crippen molar-refractivity contribution < 1.29 is 0 Å². The smallest absolute Gasteiger partial charge is 0.125 e. The van der Waals surface area contributed by atoms with Crippen molar-refractivity contribution in [2.75, 3.05) is 0 Å². The van der Waals surface area contributed by atoms with Crippen LogP contribution in [0.15, 0.2) is 41.1 Å². The minimum atomic E-state index is 0.244. The van der Waals surface area contributed by atoms with Crippen molar-refractivity contribution >= 4 is 15.9 Å². The SMILES string of the molecule is CC(NCc1cccc(Br)c1)c1nccn1C. The van der Waals surface area contributed by atoms with Gasteiger partial charge in [0.15, 0.2) is 0 Å². The summed E-state index contributed by atoms with van der Waals surface area (Å²) in [7, 11) is 2.01. The van der Waals surface area contributed by atoms with Crippen molar-refractivity contribution in [3.8, 4) is 0 Å². The fraction of sp³-hybridized carbons (Fsp3) is 0.308. The van der Waals surface area contributed by atoms with Gasteiger partial charge in [-0.05, 0) is 24.6 Å². The highest BCUT2D eigenvalue weighted by molar-refractivity contribution is 9.10. The topological polar surface area (TPSA) is 29.9 Å². The van der Waals surface area contributed by atoms with Crippen LogP contribution in [0.25, 0.3) is 0 Å². The molecule has 0 bridgehead atoms. The fourth-order valence-corrected chi connectivity index (χ4v) is 2.25. The summed E-state index contributed by atoms with van der Waals surface area (Å²) in [4.78, 5) is 4.34. The van der Waals surface area contributed by atoms with Gasteiger partial charge >= 0.3 is 0 Å².